The molecule has 0 radical (unpaired) electrons. The number of carbonyl (C=O) groups excluding carboxylic acids is 1. The smallest absolute Gasteiger partial charge is 0.403 e. The van der Waals surface area contributed by atoms with Crippen molar-refractivity contribution in [2.75, 3.05) is 0 Å². The predicted octanol–water partition coefficient (Wildman–Crippen LogP) is 3.66. The topological polar surface area (TPSA) is 35.5 Å². The summed E-state index contributed by atoms with van der Waals surface area (Å²) in [4.78, 5) is 12.5. The summed E-state index contributed by atoms with van der Waals surface area (Å²) in [5, 5.41) is 0. The van der Waals surface area contributed by atoms with Gasteiger partial charge in [0.25, 0.3) is 0 Å². The van der Waals surface area contributed by atoms with Gasteiger partial charge in [-0.2, -0.15) is 0 Å². The minimum atomic E-state index is -0.493. The van der Waals surface area contributed by atoms with Crippen LogP contribution in [0.4, 0.5) is 0 Å². The molecular formula is C16H23BO3. The third-order valence-electron chi connectivity index (χ3n) is 4.40. The van der Waals surface area contributed by atoms with Gasteiger partial charge in [-0.05, 0) is 40.7 Å². The van der Waals surface area contributed by atoms with Crippen LogP contribution in [0, 0.1) is 6.92 Å². The Morgan fingerprint density at radius 2 is 1.70 bits per heavy atom. The summed E-state index contributed by atoms with van der Waals surface area (Å²) >= 11 is 0. The summed E-state index contributed by atoms with van der Waals surface area (Å²) in [6, 6.07) is 7.64. The highest BCUT2D eigenvalue weighted by Crippen LogP contribution is 2.40. The molecule has 0 bridgehead atoms. The molecule has 1 saturated heterocycles. The number of Topliss-reactive ketones (excluding diaryl/α,β-unsaturated/α-hetero) is 1. The first-order valence-electron chi connectivity index (χ1n) is 7.10. The number of ketones is 1. The van der Waals surface area contributed by atoms with Crippen molar-refractivity contribution in [3.8, 4) is 0 Å². The largest absolute Gasteiger partial charge is 0.469 e. The van der Waals surface area contributed by atoms with Crippen molar-refractivity contribution in [3.63, 3.8) is 0 Å². The molecule has 0 spiro atoms. The second-order valence-corrected chi connectivity index (χ2v) is 6.65. The van der Waals surface area contributed by atoms with Crippen LogP contribution in [0.1, 0.15) is 50.5 Å². The fraction of sp³-hybridized carbons (Fsp3) is 0.562. The lowest BCUT2D eigenvalue weighted by molar-refractivity contribution is 0.00578. The molecular weight excluding hydrogens is 251 g/mol. The molecule has 1 aliphatic rings. The lowest BCUT2D eigenvalue weighted by atomic mass is 9.69. The maximum Gasteiger partial charge on any atom is 0.469 e. The summed E-state index contributed by atoms with van der Waals surface area (Å²) in [7, 11) is -0.493. The average molecular weight is 274 g/mol. The standard InChI is InChI=1S/C16H23BO3/c1-11-8-7-9-13(10-11)14(18)12(2)17-19-15(3,4)16(5,6)20-17/h7-10,12H,1-6H3/t12-/m1/s1. The van der Waals surface area contributed by atoms with Crippen molar-refractivity contribution in [3.05, 3.63) is 35.4 Å². The first kappa shape index (κ1) is 15.3. The molecule has 0 unspecified atom stereocenters. The predicted molar refractivity (Wildman–Crippen MR) is 81.0 cm³/mol. The van der Waals surface area contributed by atoms with Gasteiger partial charge in [0.1, 0.15) is 0 Å². The molecule has 0 saturated carbocycles. The van der Waals surface area contributed by atoms with E-state index in [9.17, 15) is 4.79 Å². The van der Waals surface area contributed by atoms with Crippen LogP contribution >= 0.6 is 0 Å². The molecule has 1 heterocycles. The number of benzene rings is 1. The molecule has 1 aromatic carbocycles. The second-order valence-electron chi connectivity index (χ2n) is 6.65. The Hall–Kier alpha value is -1.13. The van der Waals surface area contributed by atoms with E-state index < -0.39 is 18.3 Å². The molecule has 0 amide bonds. The number of hydrogen-bond acceptors (Lipinski definition) is 3. The van der Waals surface area contributed by atoms with Crippen LogP contribution in [-0.2, 0) is 9.31 Å². The Morgan fingerprint density at radius 3 is 2.20 bits per heavy atom. The highest BCUT2D eigenvalue weighted by molar-refractivity contribution is 6.53. The van der Waals surface area contributed by atoms with E-state index in [1.54, 1.807) is 0 Å². The SMILES string of the molecule is Cc1cccc(C(=O)[C@@H](C)B2OC(C)(C)C(C)(C)O2)c1. The van der Waals surface area contributed by atoms with Gasteiger partial charge < -0.3 is 9.31 Å². The van der Waals surface area contributed by atoms with E-state index in [-0.39, 0.29) is 11.6 Å². The van der Waals surface area contributed by atoms with E-state index in [1.165, 1.54) is 0 Å². The lowest BCUT2D eigenvalue weighted by Gasteiger charge is -2.32. The zero-order valence-electron chi connectivity index (χ0n) is 13.2. The molecule has 1 atom stereocenters. The minimum Gasteiger partial charge on any atom is -0.403 e. The van der Waals surface area contributed by atoms with Crippen molar-refractivity contribution in [1.29, 1.82) is 0 Å². The average Bonchev–Trinajstić information content (AvgIpc) is 2.56. The molecule has 2 rings (SSSR count). The van der Waals surface area contributed by atoms with Crippen LogP contribution < -0.4 is 0 Å². The second kappa shape index (κ2) is 5.01. The molecule has 0 aliphatic carbocycles. The number of aryl methyl sites for hydroxylation is 1. The molecule has 1 fully saturated rings. The van der Waals surface area contributed by atoms with Gasteiger partial charge >= 0.3 is 7.12 Å². The Balaban J connectivity index is 2.17. The molecule has 4 heteroatoms. The first-order valence-corrected chi connectivity index (χ1v) is 7.10. The van der Waals surface area contributed by atoms with Crippen molar-refractivity contribution in [1.82, 2.24) is 0 Å². The van der Waals surface area contributed by atoms with Crippen LogP contribution in [0.15, 0.2) is 24.3 Å². The fourth-order valence-corrected chi connectivity index (χ4v) is 2.28. The molecule has 3 nitrogen and oxygen atoms in total. The van der Waals surface area contributed by atoms with Crippen molar-refractivity contribution >= 4 is 12.9 Å². The molecule has 20 heavy (non-hydrogen) atoms. The third-order valence-corrected chi connectivity index (χ3v) is 4.40. The van der Waals surface area contributed by atoms with Crippen LogP contribution in [0.3, 0.4) is 0 Å². The van der Waals surface area contributed by atoms with Gasteiger partial charge in [-0.1, -0.05) is 30.7 Å². The Labute approximate surface area is 121 Å². The van der Waals surface area contributed by atoms with Gasteiger partial charge in [0.05, 0.1) is 17.0 Å². The normalized spacial score (nSPS) is 21.8. The van der Waals surface area contributed by atoms with Crippen LogP contribution in [-0.4, -0.2) is 24.1 Å². The quantitative estimate of drug-likeness (QED) is 0.623. The Bertz CT molecular complexity index is 506. The van der Waals surface area contributed by atoms with Gasteiger partial charge in [-0.15, -0.1) is 0 Å². The third kappa shape index (κ3) is 2.67. The van der Waals surface area contributed by atoms with E-state index in [1.807, 2.05) is 65.8 Å². The lowest BCUT2D eigenvalue weighted by Crippen LogP contribution is -2.41. The van der Waals surface area contributed by atoms with Crippen molar-refractivity contribution < 1.29 is 14.1 Å². The summed E-state index contributed by atoms with van der Waals surface area (Å²) in [6.45, 7) is 11.8. The molecule has 1 aliphatic heterocycles. The van der Waals surface area contributed by atoms with Gasteiger partial charge in [0, 0.05) is 5.56 Å². The van der Waals surface area contributed by atoms with E-state index >= 15 is 0 Å². The summed E-state index contributed by atoms with van der Waals surface area (Å²) in [5.41, 5.74) is 0.988. The summed E-state index contributed by atoms with van der Waals surface area (Å²) in [5.74, 6) is -0.259. The number of rotatable bonds is 3. The van der Waals surface area contributed by atoms with E-state index in [4.69, 9.17) is 9.31 Å². The number of carbonyl (C=O) groups is 1. The number of hydrogen-bond donors (Lipinski definition) is 0. The maximum absolute atomic E-state index is 12.5. The van der Waals surface area contributed by atoms with Crippen molar-refractivity contribution in [2.24, 2.45) is 0 Å². The van der Waals surface area contributed by atoms with E-state index in [2.05, 4.69) is 0 Å². The Morgan fingerprint density at radius 1 is 1.15 bits per heavy atom. The van der Waals surface area contributed by atoms with Gasteiger partial charge in [0.2, 0.25) is 0 Å². The molecule has 0 N–H and O–H groups in total. The first-order chi connectivity index (χ1) is 9.14. The summed E-state index contributed by atoms with van der Waals surface area (Å²) in [6.07, 6.45) is 0. The van der Waals surface area contributed by atoms with E-state index in [0.717, 1.165) is 5.56 Å². The molecule has 1 aromatic rings. The van der Waals surface area contributed by atoms with Gasteiger partial charge in [-0.3, -0.25) is 4.79 Å². The Kier molecular flexibility index (Phi) is 3.82. The monoisotopic (exact) mass is 274 g/mol. The summed E-state index contributed by atoms with van der Waals surface area (Å²) < 4.78 is 11.9. The van der Waals surface area contributed by atoms with Crippen LogP contribution in [0.25, 0.3) is 0 Å². The van der Waals surface area contributed by atoms with Gasteiger partial charge in [-0.25, -0.2) is 0 Å². The van der Waals surface area contributed by atoms with E-state index in [0.29, 0.717) is 5.56 Å². The van der Waals surface area contributed by atoms with Crippen LogP contribution in [0.5, 0.6) is 0 Å². The molecule has 108 valence electrons. The molecule has 0 aromatic heterocycles. The fourth-order valence-electron chi connectivity index (χ4n) is 2.28. The maximum atomic E-state index is 12.5. The zero-order chi connectivity index (χ0) is 15.1. The highest BCUT2D eigenvalue weighted by atomic mass is 16.7. The van der Waals surface area contributed by atoms with Crippen LogP contribution in [0.2, 0.25) is 5.82 Å². The minimum absolute atomic E-state index is 0.0622. The highest BCUT2D eigenvalue weighted by Gasteiger charge is 2.54. The zero-order valence-corrected chi connectivity index (χ0v) is 13.2. The van der Waals surface area contributed by atoms with Crippen molar-refractivity contribution in [2.45, 2.75) is 58.6 Å². The van der Waals surface area contributed by atoms with Gasteiger partial charge in [0.15, 0.2) is 5.78 Å².